The summed E-state index contributed by atoms with van der Waals surface area (Å²) in [7, 11) is -3.52. The van der Waals surface area contributed by atoms with Gasteiger partial charge in [0.05, 0.1) is 11.9 Å². The molecule has 4 heterocycles. The Hall–Kier alpha value is -2.82. The van der Waals surface area contributed by atoms with Gasteiger partial charge in [-0.15, -0.1) is 0 Å². The molecular formula is C19H23N7O3S. The van der Waals surface area contributed by atoms with Crippen molar-refractivity contribution in [2.75, 3.05) is 19.3 Å². The van der Waals surface area contributed by atoms with E-state index in [0.717, 1.165) is 56.0 Å². The minimum absolute atomic E-state index is 0.0936. The van der Waals surface area contributed by atoms with Crippen LogP contribution in [0.3, 0.4) is 0 Å². The van der Waals surface area contributed by atoms with Crippen LogP contribution in [0.25, 0.3) is 5.78 Å². The van der Waals surface area contributed by atoms with E-state index in [1.807, 2.05) is 0 Å². The second-order valence-corrected chi connectivity index (χ2v) is 10.1. The van der Waals surface area contributed by atoms with Gasteiger partial charge in [0.15, 0.2) is 15.5 Å². The van der Waals surface area contributed by atoms with E-state index in [2.05, 4.69) is 25.3 Å². The summed E-state index contributed by atoms with van der Waals surface area (Å²) < 4.78 is 26.3. The van der Waals surface area contributed by atoms with Gasteiger partial charge in [-0.05, 0) is 38.5 Å². The van der Waals surface area contributed by atoms with Crippen LogP contribution in [0.2, 0.25) is 0 Å². The Morgan fingerprint density at radius 1 is 1.20 bits per heavy atom. The number of sulfone groups is 1. The van der Waals surface area contributed by atoms with E-state index in [-0.39, 0.29) is 16.7 Å². The molecule has 10 nitrogen and oxygen atoms in total. The van der Waals surface area contributed by atoms with Crippen molar-refractivity contribution in [3.63, 3.8) is 0 Å². The van der Waals surface area contributed by atoms with Gasteiger partial charge in [0.25, 0.3) is 11.7 Å². The number of carbonyl (C=O) groups excluding carboxylic acids is 1. The Morgan fingerprint density at radius 2 is 2.03 bits per heavy atom. The number of fused-ring (bicyclic) bond motifs is 2. The zero-order valence-electron chi connectivity index (χ0n) is 16.7. The fraction of sp³-hybridized carbons (Fsp3) is 0.526. The maximum absolute atomic E-state index is 13.3. The van der Waals surface area contributed by atoms with Gasteiger partial charge in [0, 0.05) is 36.5 Å². The lowest BCUT2D eigenvalue weighted by Crippen LogP contribution is -2.40. The SMILES string of the molecule is CS(=O)(=O)c1cnc2ncnn2c1C1CCCN(C(=O)c2n[nH]c3c2CCCC3)C1. The standard InChI is InChI=1S/C19H23N7O3S/c1-30(28,29)15-9-20-19-21-11-22-26(19)17(15)12-5-4-8-25(10-12)18(27)16-13-6-2-3-7-14(13)23-24-16/h9,11-12H,2-8,10H2,1H3,(H,23,24). The third-order valence-corrected chi connectivity index (χ3v) is 7.17. The minimum Gasteiger partial charge on any atom is -0.337 e. The summed E-state index contributed by atoms with van der Waals surface area (Å²) in [5, 5.41) is 11.6. The van der Waals surface area contributed by atoms with Crippen molar-refractivity contribution in [3.05, 3.63) is 35.2 Å². The molecule has 0 spiro atoms. The molecule has 0 radical (unpaired) electrons. The monoisotopic (exact) mass is 429 g/mol. The Kier molecular flexibility index (Phi) is 4.57. The van der Waals surface area contributed by atoms with Crippen LogP contribution < -0.4 is 0 Å². The van der Waals surface area contributed by atoms with Crippen LogP contribution in [0.5, 0.6) is 0 Å². The number of nitrogens with one attached hydrogen (secondary N) is 1. The first-order chi connectivity index (χ1) is 14.4. The van der Waals surface area contributed by atoms with E-state index < -0.39 is 9.84 Å². The molecule has 1 atom stereocenters. The molecule has 11 heteroatoms. The van der Waals surface area contributed by atoms with Crippen LogP contribution in [-0.4, -0.2) is 68.3 Å². The molecule has 1 unspecified atom stereocenters. The Bertz CT molecular complexity index is 1230. The summed E-state index contributed by atoms with van der Waals surface area (Å²) in [5.41, 5.74) is 3.15. The molecule has 1 N–H and O–H groups in total. The quantitative estimate of drug-likeness (QED) is 0.662. The molecule has 1 amide bonds. The number of H-pyrrole nitrogens is 1. The zero-order valence-corrected chi connectivity index (χ0v) is 17.5. The summed E-state index contributed by atoms with van der Waals surface area (Å²) in [6, 6.07) is 0. The molecular weight excluding hydrogens is 406 g/mol. The van der Waals surface area contributed by atoms with E-state index in [1.165, 1.54) is 17.0 Å². The molecule has 30 heavy (non-hydrogen) atoms. The fourth-order valence-electron chi connectivity index (χ4n) is 4.63. The predicted octanol–water partition coefficient (Wildman–Crippen LogP) is 1.15. The van der Waals surface area contributed by atoms with Crippen molar-refractivity contribution in [3.8, 4) is 0 Å². The number of aryl methyl sites for hydroxylation is 1. The van der Waals surface area contributed by atoms with Gasteiger partial charge in [-0.2, -0.15) is 19.7 Å². The lowest BCUT2D eigenvalue weighted by molar-refractivity contribution is 0.0697. The van der Waals surface area contributed by atoms with Crippen molar-refractivity contribution in [2.24, 2.45) is 0 Å². The lowest BCUT2D eigenvalue weighted by Gasteiger charge is -2.33. The number of aromatic nitrogens is 6. The largest absolute Gasteiger partial charge is 0.337 e. The maximum atomic E-state index is 13.3. The second kappa shape index (κ2) is 7.15. The van der Waals surface area contributed by atoms with Crippen LogP contribution in [0.4, 0.5) is 0 Å². The fourth-order valence-corrected chi connectivity index (χ4v) is 5.51. The number of rotatable bonds is 3. The Labute approximate surface area is 173 Å². The summed E-state index contributed by atoms with van der Waals surface area (Å²) in [4.78, 5) is 23.4. The molecule has 3 aromatic rings. The highest BCUT2D eigenvalue weighted by molar-refractivity contribution is 7.90. The molecule has 1 saturated heterocycles. The average molecular weight is 430 g/mol. The molecule has 1 fully saturated rings. The predicted molar refractivity (Wildman–Crippen MR) is 107 cm³/mol. The molecule has 1 aliphatic heterocycles. The van der Waals surface area contributed by atoms with Crippen molar-refractivity contribution in [2.45, 2.75) is 49.3 Å². The molecule has 1 aliphatic carbocycles. The van der Waals surface area contributed by atoms with Crippen molar-refractivity contribution >= 4 is 21.5 Å². The third kappa shape index (κ3) is 3.17. The topological polar surface area (TPSA) is 126 Å². The Morgan fingerprint density at radius 3 is 2.87 bits per heavy atom. The Balaban J connectivity index is 1.50. The van der Waals surface area contributed by atoms with Crippen molar-refractivity contribution < 1.29 is 13.2 Å². The van der Waals surface area contributed by atoms with E-state index >= 15 is 0 Å². The number of hydrogen-bond donors (Lipinski definition) is 1. The van der Waals surface area contributed by atoms with Crippen LogP contribution in [0, 0.1) is 0 Å². The number of nitrogens with zero attached hydrogens (tertiary/aromatic N) is 6. The molecule has 0 saturated carbocycles. The summed E-state index contributed by atoms with van der Waals surface area (Å²) >= 11 is 0. The van der Waals surface area contributed by atoms with Gasteiger partial charge in [-0.3, -0.25) is 9.89 Å². The molecule has 0 bridgehead atoms. The van der Waals surface area contributed by atoms with Gasteiger partial charge in [-0.1, -0.05) is 0 Å². The lowest BCUT2D eigenvalue weighted by atomic mass is 9.92. The van der Waals surface area contributed by atoms with Crippen molar-refractivity contribution in [1.29, 1.82) is 0 Å². The summed E-state index contributed by atoms with van der Waals surface area (Å²) in [5.74, 6) is 0.0699. The number of amides is 1. The zero-order chi connectivity index (χ0) is 20.9. The highest BCUT2D eigenvalue weighted by atomic mass is 32.2. The van der Waals surface area contributed by atoms with Crippen LogP contribution in [-0.2, 0) is 22.7 Å². The van der Waals surface area contributed by atoms with Crippen LogP contribution in [0.1, 0.15) is 59.0 Å². The van der Waals surface area contributed by atoms with Gasteiger partial charge < -0.3 is 4.90 Å². The minimum atomic E-state index is -3.52. The first kappa shape index (κ1) is 19.2. The number of aromatic amines is 1. The van der Waals surface area contributed by atoms with E-state index in [1.54, 1.807) is 4.90 Å². The number of piperidine rings is 1. The first-order valence-electron chi connectivity index (χ1n) is 10.2. The molecule has 3 aromatic heterocycles. The first-order valence-corrected chi connectivity index (χ1v) is 12.1. The normalized spacial score (nSPS) is 19.8. The highest BCUT2D eigenvalue weighted by Gasteiger charge is 2.33. The van der Waals surface area contributed by atoms with Crippen LogP contribution in [0.15, 0.2) is 17.4 Å². The molecule has 2 aliphatic rings. The van der Waals surface area contributed by atoms with E-state index in [4.69, 9.17) is 0 Å². The third-order valence-electron chi connectivity index (χ3n) is 6.06. The number of hydrogen-bond acceptors (Lipinski definition) is 7. The second-order valence-electron chi connectivity index (χ2n) is 8.08. The van der Waals surface area contributed by atoms with Gasteiger partial charge >= 0.3 is 0 Å². The molecule has 5 rings (SSSR count). The van der Waals surface area contributed by atoms with Gasteiger partial charge in [0.1, 0.15) is 11.2 Å². The number of carbonyl (C=O) groups is 1. The number of likely N-dealkylation sites (tertiary alicyclic amines) is 1. The van der Waals surface area contributed by atoms with E-state index in [0.29, 0.717) is 30.3 Å². The smallest absolute Gasteiger partial charge is 0.274 e. The van der Waals surface area contributed by atoms with E-state index in [9.17, 15) is 13.2 Å². The van der Waals surface area contributed by atoms with Crippen LogP contribution >= 0.6 is 0 Å². The summed E-state index contributed by atoms with van der Waals surface area (Å²) in [6.45, 7) is 1.03. The average Bonchev–Trinajstić information content (AvgIpc) is 3.39. The molecule has 158 valence electrons. The molecule has 0 aromatic carbocycles. The van der Waals surface area contributed by atoms with Crippen molar-refractivity contribution in [1.82, 2.24) is 34.7 Å². The van der Waals surface area contributed by atoms with Gasteiger partial charge in [0.2, 0.25) is 0 Å². The maximum Gasteiger partial charge on any atom is 0.274 e. The highest BCUT2D eigenvalue weighted by Crippen LogP contribution is 2.32. The van der Waals surface area contributed by atoms with Gasteiger partial charge in [-0.25, -0.2) is 13.4 Å². The summed E-state index contributed by atoms with van der Waals surface area (Å²) in [6.07, 6.45) is 9.36.